The molecule has 0 spiro atoms. The Kier molecular flexibility index (Phi) is 5.19. The Morgan fingerprint density at radius 3 is 2.71 bits per heavy atom. The minimum atomic E-state index is -0.946. The average molecular weight is 403 g/mol. The second-order valence-corrected chi connectivity index (χ2v) is 7.89. The van der Waals surface area contributed by atoms with Gasteiger partial charge < -0.3 is 15.5 Å². The zero-order valence-corrected chi connectivity index (χ0v) is 16.0. The molecule has 0 unspecified atom stereocenters. The van der Waals surface area contributed by atoms with Crippen molar-refractivity contribution in [2.24, 2.45) is 0 Å². The molecule has 1 amide bonds. The van der Waals surface area contributed by atoms with Crippen LogP contribution in [0.4, 0.5) is 20.3 Å². The maximum atomic E-state index is 13.5. The van der Waals surface area contributed by atoms with Crippen LogP contribution in [0, 0.1) is 11.6 Å². The predicted octanol–water partition coefficient (Wildman–Crippen LogP) is 3.54. The van der Waals surface area contributed by atoms with Crippen molar-refractivity contribution in [3.63, 3.8) is 0 Å². The lowest BCUT2D eigenvalue weighted by Crippen LogP contribution is -2.43. The van der Waals surface area contributed by atoms with E-state index in [-0.39, 0.29) is 11.9 Å². The summed E-state index contributed by atoms with van der Waals surface area (Å²) in [6, 6.07) is 5.42. The highest BCUT2D eigenvalue weighted by atomic mass is 32.1. The van der Waals surface area contributed by atoms with Crippen LogP contribution < -0.4 is 10.6 Å². The fourth-order valence-corrected chi connectivity index (χ4v) is 4.09. The molecule has 1 aliphatic heterocycles. The van der Waals surface area contributed by atoms with Crippen LogP contribution in [-0.4, -0.2) is 47.0 Å². The van der Waals surface area contributed by atoms with Gasteiger partial charge in [-0.2, -0.15) is 0 Å². The van der Waals surface area contributed by atoms with Gasteiger partial charge >= 0.3 is 0 Å². The van der Waals surface area contributed by atoms with Gasteiger partial charge in [0.2, 0.25) is 0 Å². The van der Waals surface area contributed by atoms with Gasteiger partial charge in [0.05, 0.1) is 10.3 Å². The molecule has 6 nitrogen and oxygen atoms in total. The number of piperidine rings is 1. The number of rotatable bonds is 4. The van der Waals surface area contributed by atoms with Gasteiger partial charge in [0.25, 0.3) is 5.91 Å². The number of likely N-dealkylation sites (tertiary alicyclic amines) is 1. The number of aromatic nitrogens is 2. The van der Waals surface area contributed by atoms with Crippen molar-refractivity contribution in [3.05, 3.63) is 47.1 Å². The SMILES string of the molecule is CN1CCC(NC(=O)c2cc3c(Nc4ccc(F)c(F)c4)ncnc3s2)CC1. The second-order valence-electron chi connectivity index (χ2n) is 6.86. The standard InChI is InChI=1S/C19H19F2N5OS/c1-26-6-4-11(5-7-26)25-18(27)16-9-13-17(22-10-23-19(13)28-16)24-12-2-3-14(20)15(21)8-12/h2-3,8-11H,4-7H2,1H3,(H,25,27)(H,22,23,24). The van der Waals surface area contributed by atoms with Crippen LogP contribution in [0.1, 0.15) is 22.5 Å². The van der Waals surface area contributed by atoms with Crippen LogP contribution >= 0.6 is 11.3 Å². The molecule has 0 atom stereocenters. The first-order chi connectivity index (χ1) is 13.5. The summed E-state index contributed by atoms with van der Waals surface area (Å²) in [5.41, 5.74) is 0.363. The number of thiophene rings is 1. The van der Waals surface area contributed by atoms with E-state index in [0.29, 0.717) is 26.6 Å². The third-order valence-corrected chi connectivity index (χ3v) is 5.83. The molecule has 0 bridgehead atoms. The van der Waals surface area contributed by atoms with E-state index in [9.17, 15) is 13.6 Å². The average Bonchev–Trinajstić information content (AvgIpc) is 3.12. The first kappa shape index (κ1) is 18.7. The third kappa shape index (κ3) is 3.95. The summed E-state index contributed by atoms with van der Waals surface area (Å²) in [5.74, 6) is -1.55. The van der Waals surface area contributed by atoms with Gasteiger partial charge in [-0.15, -0.1) is 11.3 Å². The van der Waals surface area contributed by atoms with E-state index in [2.05, 4.69) is 32.5 Å². The maximum Gasteiger partial charge on any atom is 0.261 e. The van der Waals surface area contributed by atoms with E-state index in [1.54, 1.807) is 6.07 Å². The van der Waals surface area contributed by atoms with Gasteiger partial charge in [-0.05, 0) is 51.2 Å². The van der Waals surface area contributed by atoms with Crippen LogP contribution in [-0.2, 0) is 0 Å². The summed E-state index contributed by atoms with van der Waals surface area (Å²) >= 11 is 1.28. The highest BCUT2D eigenvalue weighted by molar-refractivity contribution is 7.20. The molecule has 9 heteroatoms. The van der Waals surface area contributed by atoms with Crippen molar-refractivity contribution >= 4 is 39.0 Å². The van der Waals surface area contributed by atoms with Gasteiger partial charge in [-0.1, -0.05) is 0 Å². The molecule has 0 saturated carbocycles. The quantitative estimate of drug-likeness (QED) is 0.697. The van der Waals surface area contributed by atoms with Gasteiger partial charge in [0, 0.05) is 17.8 Å². The van der Waals surface area contributed by atoms with E-state index in [0.717, 1.165) is 38.1 Å². The molecule has 2 aromatic heterocycles. The summed E-state index contributed by atoms with van der Waals surface area (Å²) in [4.78, 5) is 24.5. The smallest absolute Gasteiger partial charge is 0.261 e. The molecule has 4 rings (SSSR count). The van der Waals surface area contributed by atoms with Crippen molar-refractivity contribution < 1.29 is 13.6 Å². The zero-order chi connectivity index (χ0) is 19.7. The number of halogens is 2. The molecular formula is C19H19F2N5OS. The molecule has 0 radical (unpaired) electrons. The topological polar surface area (TPSA) is 70.2 Å². The molecule has 0 aliphatic carbocycles. The molecule has 1 fully saturated rings. The Labute approximate surface area is 164 Å². The first-order valence-corrected chi connectivity index (χ1v) is 9.77. The summed E-state index contributed by atoms with van der Waals surface area (Å²) in [7, 11) is 2.07. The number of nitrogens with one attached hydrogen (secondary N) is 2. The number of hydrogen-bond donors (Lipinski definition) is 2. The summed E-state index contributed by atoms with van der Waals surface area (Å²) in [6.45, 7) is 1.93. The molecule has 3 heterocycles. The van der Waals surface area contributed by atoms with Crippen LogP contribution in [0.5, 0.6) is 0 Å². The molecule has 3 aromatic rings. The van der Waals surface area contributed by atoms with E-state index < -0.39 is 11.6 Å². The van der Waals surface area contributed by atoms with Crippen molar-refractivity contribution in [2.75, 3.05) is 25.5 Å². The van der Waals surface area contributed by atoms with Crippen LogP contribution in [0.15, 0.2) is 30.6 Å². The Morgan fingerprint density at radius 2 is 1.96 bits per heavy atom. The number of amides is 1. The van der Waals surface area contributed by atoms with Crippen molar-refractivity contribution in [1.29, 1.82) is 0 Å². The van der Waals surface area contributed by atoms with Gasteiger partial charge in [-0.3, -0.25) is 4.79 Å². The fourth-order valence-electron chi connectivity index (χ4n) is 3.19. The van der Waals surface area contributed by atoms with Crippen molar-refractivity contribution in [3.8, 4) is 0 Å². The molecule has 1 saturated heterocycles. The van der Waals surface area contributed by atoms with E-state index in [4.69, 9.17) is 0 Å². The molecule has 1 aromatic carbocycles. The lowest BCUT2D eigenvalue weighted by atomic mass is 10.1. The summed E-state index contributed by atoms with van der Waals surface area (Å²) in [6.07, 6.45) is 3.23. The lowest BCUT2D eigenvalue weighted by molar-refractivity contribution is 0.0921. The second kappa shape index (κ2) is 7.76. The van der Waals surface area contributed by atoms with E-state index in [1.807, 2.05) is 0 Å². The molecular weight excluding hydrogens is 384 g/mol. The summed E-state index contributed by atoms with van der Waals surface area (Å²) < 4.78 is 26.6. The van der Waals surface area contributed by atoms with Crippen LogP contribution in [0.3, 0.4) is 0 Å². The van der Waals surface area contributed by atoms with E-state index in [1.165, 1.54) is 23.7 Å². The monoisotopic (exact) mass is 403 g/mol. The lowest BCUT2D eigenvalue weighted by Gasteiger charge is -2.29. The molecule has 2 N–H and O–H groups in total. The zero-order valence-electron chi connectivity index (χ0n) is 15.2. The normalized spacial score (nSPS) is 15.7. The van der Waals surface area contributed by atoms with Gasteiger partial charge in [0.15, 0.2) is 11.6 Å². The minimum absolute atomic E-state index is 0.128. The minimum Gasteiger partial charge on any atom is -0.349 e. The Balaban J connectivity index is 1.54. The predicted molar refractivity (Wildman–Crippen MR) is 105 cm³/mol. The first-order valence-electron chi connectivity index (χ1n) is 8.95. The largest absolute Gasteiger partial charge is 0.349 e. The third-order valence-electron chi connectivity index (χ3n) is 4.79. The fraction of sp³-hybridized carbons (Fsp3) is 0.316. The van der Waals surface area contributed by atoms with Crippen LogP contribution in [0.25, 0.3) is 10.2 Å². The Morgan fingerprint density at radius 1 is 1.18 bits per heavy atom. The Bertz CT molecular complexity index is 1020. The Hall–Kier alpha value is -2.65. The maximum absolute atomic E-state index is 13.5. The number of hydrogen-bond acceptors (Lipinski definition) is 6. The molecule has 146 valence electrons. The number of carbonyl (C=O) groups is 1. The van der Waals surface area contributed by atoms with Gasteiger partial charge in [0.1, 0.15) is 17.0 Å². The molecule has 1 aliphatic rings. The number of anilines is 2. The molecule has 28 heavy (non-hydrogen) atoms. The van der Waals surface area contributed by atoms with E-state index >= 15 is 0 Å². The highest BCUT2D eigenvalue weighted by Crippen LogP contribution is 2.30. The highest BCUT2D eigenvalue weighted by Gasteiger charge is 2.21. The van der Waals surface area contributed by atoms with Crippen molar-refractivity contribution in [2.45, 2.75) is 18.9 Å². The number of carbonyl (C=O) groups excluding carboxylic acids is 1. The number of nitrogens with zero attached hydrogens (tertiary/aromatic N) is 3. The van der Waals surface area contributed by atoms with Gasteiger partial charge in [-0.25, -0.2) is 18.7 Å². The summed E-state index contributed by atoms with van der Waals surface area (Å²) in [5, 5.41) is 6.71. The number of fused-ring (bicyclic) bond motifs is 1. The van der Waals surface area contributed by atoms with Crippen LogP contribution in [0.2, 0.25) is 0 Å². The van der Waals surface area contributed by atoms with Crippen molar-refractivity contribution in [1.82, 2.24) is 20.2 Å². The number of benzene rings is 1.